The molecule has 0 aromatic heterocycles. The summed E-state index contributed by atoms with van der Waals surface area (Å²) in [6.45, 7) is 8.36. The maximum Gasteiger partial charge on any atom is 0.495 e. The van der Waals surface area contributed by atoms with Crippen molar-refractivity contribution in [1.29, 1.82) is 0 Å². The molecule has 1 saturated heterocycles. The van der Waals surface area contributed by atoms with E-state index in [9.17, 15) is 4.79 Å². The third kappa shape index (κ3) is 1.86. The molecule has 0 N–H and O–H groups in total. The second-order valence-corrected chi connectivity index (χ2v) is 6.46. The van der Waals surface area contributed by atoms with Crippen molar-refractivity contribution >= 4 is 18.4 Å². The molecule has 1 aromatic carbocycles. The molecule has 3 nitrogen and oxygen atoms in total. The quantitative estimate of drug-likeness (QED) is 0.776. The summed E-state index contributed by atoms with van der Waals surface area (Å²) < 4.78 is 12.4. The predicted molar refractivity (Wildman–Crippen MR) is 79.4 cm³/mol. The van der Waals surface area contributed by atoms with Crippen molar-refractivity contribution in [1.82, 2.24) is 0 Å². The molecule has 4 heteroatoms. The normalized spacial score (nSPS) is 28.0. The Morgan fingerprint density at radius 2 is 1.95 bits per heavy atom. The number of carbonyl (C=O) groups is 1. The molecule has 0 amide bonds. The summed E-state index contributed by atoms with van der Waals surface area (Å²) >= 11 is 0. The molecular formula is C16H21BO3. The zero-order valence-corrected chi connectivity index (χ0v) is 12.7. The van der Waals surface area contributed by atoms with Crippen LogP contribution in [0.3, 0.4) is 0 Å². The summed E-state index contributed by atoms with van der Waals surface area (Å²) in [5.41, 5.74) is 2.34. The second-order valence-electron chi connectivity index (χ2n) is 6.46. The van der Waals surface area contributed by atoms with E-state index in [0.29, 0.717) is 6.42 Å². The number of carbonyl (C=O) groups excluding carboxylic acids is 1. The molecular weight excluding hydrogens is 251 g/mol. The van der Waals surface area contributed by atoms with Gasteiger partial charge >= 0.3 is 7.12 Å². The van der Waals surface area contributed by atoms with E-state index >= 15 is 0 Å². The summed E-state index contributed by atoms with van der Waals surface area (Å²) in [5, 5.41) is 0. The number of fused-ring (bicyclic) bond motifs is 1. The molecule has 3 rings (SSSR count). The Morgan fingerprint density at radius 1 is 1.20 bits per heavy atom. The minimum absolute atomic E-state index is 0.234. The molecule has 1 aliphatic carbocycles. The van der Waals surface area contributed by atoms with Gasteiger partial charge in [0.2, 0.25) is 0 Å². The lowest BCUT2D eigenvalue weighted by Gasteiger charge is -2.35. The average molecular weight is 272 g/mol. The highest BCUT2D eigenvalue weighted by Crippen LogP contribution is 2.39. The summed E-state index contributed by atoms with van der Waals surface area (Å²) in [4.78, 5) is 11.9. The summed E-state index contributed by atoms with van der Waals surface area (Å²) in [6, 6.07) is 5.87. The lowest BCUT2D eigenvalue weighted by molar-refractivity contribution is -0.0118. The molecule has 1 aliphatic heterocycles. The Labute approximate surface area is 120 Å². The Morgan fingerprint density at radius 3 is 2.60 bits per heavy atom. The van der Waals surface area contributed by atoms with Crippen molar-refractivity contribution < 1.29 is 14.1 Å². The van der Waals surface area contributed by atoms with Gasteiger partial charge in [-0.1, -0.05) is 25.1 Å². The van der Waals surface area contributed by atoms with E-state index in [1.807, 2.05) is 18.2 Å². The highest BCUT2D eigenvalue weighted by molar-refractivity contribution is 6.63. The highest BCUT2D eigenvalue weighted by Gasteiger charge is 2.54. The largest absolute Gasteiger partial charge is 0.495 e. The first-order chi connectivity index (χ1) is 9.38. The second kappa shape index (κ2) is 4.44. The molecule has 1 atom stereocenters. The van der Waals surface area contributed by atoms with Gasteiger partial charge in [0, 0.05) is 12.0 Å². The van der Waals surface area contributed by atoms with Crippen LogP contribution in [0.2, 0.25) is 0 Å². The first-order valence-electron chi connectivity index (χ1n) is 7.38. The van der Waals surface area contributed by atoms with Crippen molar-refractivity contribution in [2.24, 2.45) is 0 Å². The van der Waals surface area contributed by atoms with E-state index in [4.69, 9.17) is 9.31 Å². The van der Waals surface area contributed by atoms with Crippen LogP contribution in [0.1, 0.15) is 56.5 Å². The number of Topliss-reactive ketones (excluding diaryl/α,β-unsaturated/α-hetero) is 1. The van der Waals surface area contributed by atoms with Crippen molar-refractivity contribution in [3.05, 3.63) is 29.3 Å². The van der Waals surface area contributed by atoms with Crippen LogP contribution in [0.4, 0.5) is 0 Å². The van der Waals surface area contributed by atoms with Crippen LogP contribution >= 0.6 is 0 Å². The first kappa shape index (κ1) is 13.8. The van der Waals surface area contributed by atoms with Gasteiger partial charge in [-0.2, -0.15) is 0 Å². The van der Waals surface area contributed by atoms with Gasteiger partial charge in [-0.3, -0.25) is 4.79 Å². The fourth-order valence-electron chi connectivity index (χ4n) is 3.17. The topological polar surface area (TPSA) is 35.5 Å². The summed E-state index contributed by atoms with van der Waals surface area (Å²) in [5.74, 6) is 0.234. The van der Waals surface area contributed by atoms with Gasteiger partial charge in [-0.15, -0.1) is 0 Å². The molecule has 2 aliphatic rings. The van der Waals surface area contributed by atoms with Gasteiger partial charge < -0.3 is 9.31 Å². The zero-order valence-electron chi connectivity index (χ0n) is 12.7. The maximum atomic E-state index is 11.9. The van der Waals surface area contributed by atoms with Gasteiger partial charge in [0.1, 0.15) is 0 Å². The maximum absolute atomic E-state index is 11.9. The predicted octanol–water partition coefficient (Wildman–Crippen LogP) is 2.50. The highest BCUT2D eigenvalue weighted by atomic mass is 16.7. The molecule has 1 heterocycles. The fraction of sp³-hybridized carbons (Fsp3) is 0.562. The Bertz CT molecular complexity index is 567. The fourth-order valence-corrected chi connectivity index (χ4v) is 3.17. The van der Waals surface area contributed by atoms with Crippen LogP contribution < -0.4 is 5.46 Å². The Hall–Kier alpha value is -1.13. The number of rotatable bonds is 2. The molecule has 1 unspecified atom stereocenters. The smallest absolute Gasteiger partial charge is 0.399 e. The van der Waals surface area contributed by atoms with Crippen LogP contribution in [0.5, 0.6) is 0 Å². The number of ketones is 1. The lowest BCUT2D eigenvalue weighted by atomic mass is 9.75. The Balaban J connectivity index is 1.99. The third-order valence-electron chi connectivity index (χ3n) is 5.09. The van der Waals surface area contributed by atoms with E-state index in [-0.39, 0.29) is 24.1 Å². The average Bonchev–Trinajstić information content (AvgIpc) is 2.89. The van der Waals surface area contributed by atoms with Crippen LogP contribution in [-0.2, 0) is 15.7 Å². The van der Waals surface area contributed by atoms with Gasteiger partial charge in [-0.25, -0.2) is 0 Å². The molecule has 0 radical (unpaired) electrons. The van der Waals surface area contributed by atoms with Crippen LogP contribution in [-0.4, -0.2) is 24.1 Å². The molecule has 1 aromatic rings. The van der Waals surface area contributed by atoms with E-state index in [1.165, 1.54) is 0 Å². The standard InChI is InChI=1S/C16H21BO3/c1-5-16(4)15(2,3)19-17(20-16)13-8-6-7-12-11(13)9-10-14(12)18/h6-8H,5,9-10H2,1-4H3. The van der Waals surface area contributed by atoms with Gasteiger partial charge in [0.05, 0.1) is 11.2 Å². The van der Waals surface area contributed by atoms with Crippen molar-refractivity contribution in [3.8, 4) is 0 Å². The molecule has 0 saturated carbocycles. The van der Waals surface area contributed by atoms with Crippen LogP contribution in [0.15, 0.2) is 18.2 Å². The lowest BCUT2D eigenvalue weighted by Crippen LogP contribution is -2.44. The molecule has 0 bridgehead atoms. The molecule has 20 heavy (non-hydrogen) atoms. The zero-order chi connectivity index (χ0) is 14.5. The van der Waals surface area contributed by atoms with E-state index in [1.54, 1.807) is 0 Å². The van der Waals surface area contributed by atoms with E-state index < -0.39 is 0 Å². The van der Waals surface area contributed by atoms with Gasteiger partial charge in [-0.05, 0) is 44.6 Å². The van der Waals surface area contributed by atoms with Gasteiger partial charge in [0.15, 0.2) is 5.78 Å². The third-order valence-corrected chi connectivity index (χ3v) is 5.09. The van der Waals surface area contributed by atoms with Gasteiger partial charge in [0.25, 0.3) is 0 Å². The monoisotopic (exact) mass is 272 g/mol. The molecule has 0 spiro atoms. The van der Waals surface area contributed by atoms with E-state index in [0.717, 1.165) is 29.4 Å². The minimum Gasteiger partial charge on any atom is -0.399 e. The van der Waals surface area contributed by atoms with Crippen LogP contribution in [0.25, 0.3) is 0 Å². The number of benzene rings is 1. The van der Waals surface area contributed by atoms with E-state index in [2.05, 4.69) is 27.7 Å². The summed E-state index contributed by atoms with van der Waals surface area (Å²) in [6.07, 6.45) is 2.30. The molecule has 106 valence electrons. The van der Waals surface area contributed by atoms with Crippen LogP contribution in [0, 0.1) is 0 Å². The summed E-state index contributed by atoms with van der Waals surface area (Å²) in [7, 11) is -0.365. The first-order valence-corrected chi connectivity index (χ1v) is 7.38. The minimum atomic E-state index is -0.365. The van der Waals surface area contributed by atoms with Crippen molar-refractivity contribution in [2.75, 3.05) is 0 Å². The Kier molecular flexibility index (Phi) is 3.07. The number of hydrogen-bond donors (Lipinski definition) is 0. The molecule has 1 fully saturated rings. The SMILES string of the molecule is CCC1(C)OB(c2cccc3c2CCC3=O)OC1(C)C. The van der Waals surface area contributed by atoms with Crippen molar-refractivity contribution in [2.45, 2.75) is 58.2 Å². The van der Waals surface area contributed by atoms with Crippen molar-refractivity contribution in [3.63, 3.8) is 0 Å². The number of hydrogen-bond acceptors (Lipinski definition) is 3.